The average Bonchev–Trinajstić information content (AvgIpc) is 2.69. The van der Waals surface area contributed by atoms with Gasteiger partial charge in [-0.2, -0.15) is 5.26 Å². The van der Waals surface area contributed by atoms with E-state index in [1.165, 1.54) is 13.3 Å². The van der Waals surface area contributed by atoms with Gasteiger partial charge < -0.3 is 9.57 Å². The lowest BCUT2D eigenvalue weighted by Gasteiger charge is -2.12. The van der Waals surface area contributed by atoms with Gasteiger partial charge in [0.25, 0.3) is 0 Å². The van der Waals surface area contributed by atoms with Gasteiger partial charge in [-0.05, 0) is 6.07 Å². The number of nitriles is 1. The van der Waals surface area contributed by atoms with Crippen molar-refractivity contribution in [3.63, 3.8) is 0 Å². The van der Waals surface area contributed by atoms with Crippen LogP contribution in [-0.2, 0) is 9.57 Å². The largest absolute Gasteiger partial charge is 0.452 e. The smallest absolute Gasteiger partial charge is 0.339 e. The van der Waals surface area contributed by atoms with Gasteiger partial charge in [-0.1, -0.05) is 23.4 Å². The topological polar surface area (TPSA) is 71.7 Å². The molecule has 1 aromatic rings. The predicted molar refractivity (Wildman–Crippen MR) is 59.2 cm³/mol. The molecule has 5 nitrogen and oxygen atoms in total. The molecule has 1 aromatic carbocycles. The summed E-state index contributed by atoms with van der Waals surface area (Å²) in [5, 5.41) is 12.6. The molecule has 0 saturated heterocycles. The summed E-state index contributed by atoms with van der Waals surface area (Å²) in [6.45, 7) is 0. The fourth-order valence-corrected chi connectivity index (χ4v) is 1.75. The molecule has 0 fully saturated rings. The molecule has 0 radical (unpaired) electrons. The van der Waals surface area contributed by atoms with E-state index in [2.05, 4.69) is 9.99 Å². The third-order valence-corrected chi connectivity index (χ3v) is 2.52. The molecule has 1 aliphatic heterocycles. The number of fused-ring (bicyclic) bond motifs is 1. The number of carbonyl (C=O) groups is 1. The van der Waals surface area contributed by atoms with Crippen LogP contribution < -0.4 is 0 Å². The zero-order chi connectivity index (χ0) is 12.3. The van der Waals surface area contributed by atoms with Crippen molar-refractivity contribution in [3.8, 4) is 6.07 Å². The van der Waals surface area contributed by atoms with E-state index < -0.39 is 18.0 Å². The second-order valence-corrected chi connectivity index (χ2v) is 3.51. The first kappa shape index (κ1) is 11.1. The molecule has 2 unspecified atom stereocenters. The van der Waals surface area contributed by atoms with Gasteiger partial charge in [-0.3, -0.25) is 0 Å². The van der Waals surface area contributed by atoms with Crippen LogP contribution in [0.4, 0.5) is 0 Å². The summed E-state index contributed by atoms with van der Waals surface area (Å²) in [7, 11) is 1.39. The summed E-state index contributed by atoms with van der Waals surface area (Å²) in [5.74, 6) is -1.06. The Hall–Kier alpha value is -2.35. The third kappa shape index (κ3) is 1.97. The molecule has 0 bridgehead atoms. The quantitative estimate of drug-likeness (QED) is 0.450. The van der Waals surface area contributed by atoms with E-state index in [0.717, 1.165) is 0 Å². The Balaban J connectivity index is 2.33. The van der Waals surface area contributed by atoms with E-state index >= 15 is 0 Å². The standard InChI is InChI=1S/C12H10N2O3/c1-16-14-7-8(6-13)11-9-4-2-3-5-10(9)12(15)17-11/h2-5,7-8,11H,1H3/b14-7+. The zero-order valence-corrected chi connectivity index (χ0v) is 9.16. The van der Waals surface area contributed by atoms with Gasteiger partial charge in [0, 0.05) is 5.56 Å². The highest BCUT2D eigenvalue weighted by atomic mass is 16.6. The SMILES string of the molecule is CO/N=C/C(C#N)C1OC(=O)c2ccccc21. The van der Waals surface area contributed by atoms with Crippen molar-refractivity contribution in [2.45, 2.75) is 6.10 Å². The predicted octanol–water partition coefficient (Wildman–Crippen LogP) is 1.67. The van der Waals surface area contributed by atoms with Crippen LogP contribution in [0.3, 0.4) is 0 Å². The Morgan fingerprint density at radius 2 is 2.35 bits per heavy atom. The molecule has 17 heavy (non-hydrogen) atoms. The van der Waals surface area contributed by atoms with Gasteiger partial charge in [-0.25, -0.2) is 4.79 Å². The first-order valence-corrected chi connectivity index (χ1v) is 5.04. The molecule has 0 amide bonds. The Morgan fingerprint density at radius 1 is 1.59 bits per heavy atom. The monoisotopic (exact) mass is 230 g/mol. The summed E-state index contributed by atoms with van der Waals surface area (Å²) in [6.07, 6.45) is 0.725. The number of oxime groups is 1. The van der Waals surface area contributed by atoms with Crippen LogP contribution in [0.15, 0.2) is 29.4 Å². The zero-order valence-electron chi connectivity index (χ0n) is 9.16. The van der Waals surface area contributed by atoms with Crippen molar-refractivity contribution >= 4 is 12.2 Å². The van der Waals surface area contributed by atoms with Gasteiger partial charge in [-0.15, -0.1) is 0 Å². The summed E-state index contributed by atoms with van der Waals surface area (Å²) in [5.41, 5.74) is 1.22. The van der Waals surface area contributed by atoms with Crippen LogP contribution in [0.5, 0.6) is 0 Å². The minimum atomic E-state index is -0.650. The van der Waals surface area contributed by atoms with Gasteiger partial charge >= 0.3 is 5.97 Å². The number of carbonyl (C=O) groups excluding carboxylic acids is 1. The number of esters is 1. The Kier molecular flexibility index (Phi) is 3.06. The third-order valence-electron chi connectivity index (χ3n) is 2.52. The molecule has 0 saturated carbocycles. The normalized spacial score (nSPS) is 19.5. The van der Waals surface area contributed by atoms with Crippen LogP contribution >= 0.6 is 0 Å². The van der Waals surface area contributed by atoms with E-state index in [-0.39, 0.29) is 0 Å². The number of nitrogens with zero attached hydrogens (tertiary/aromatic N) is 2. The maximum atomic E-state index is 11.6. The van der Waals surface area contributed by atoms with E-state index in [9.17, 15) is 4.79 Å². The van der Waals surface area contributed by atoms with Crippen molar-refractivity contribution in [2.75, 3.05) is 7.11 Å². The number of hydrogen-bond donors (Lipinski definition) is 0. The number of rotatable bonds is 3. The van der Waals surface area contributed by atoms with Gasteiger partial charge in [0.15, 0.2) is 0 Å². The van der Waals surface area contributed by atoms with Crippen molar-refractivity contribution in [2.24, 2.45) is 11.1 Å². The van der Waals surface area contributed by atoms with Crippen LogP contribution in [-0.4, -0.2) is 19.3 Å². The fourth-order valence-electron chi connectivity index (χ4n) is 1.75. The molecule has 5 heteroatoms. The number of benzene rings is 1. The van der Waals surface area contributed by atoms with Crippen molar-refractivity contribution < 1.29 is 14.4 Å². The Bertz CT molecular complexity index is 505. The average molecular weight is 230 g/mol. The highest BCUT2D eigenvalue weighted by Crippen LogP contribution is 2.34. The molecular weight excluding hydrogens is 220 g/mol. The van der Waals surface area contributed by atoms with E-state index in [1.807, 2.05) is 6.07 Å². The summed E-state index contributed by atoms with van der Waals surface area (Å²) in [6, 6.07) is 9.05. The van der Waals surface area contributed by atoms with Crippen LogP contribution in [0.2, 0.25) is 0 Å². The van der Waals surface area contributed by atoms with E-state index in [4.69, 9.17) is 10.00 Å². The lowest BCUT2D eigenvalue weighted by atomic mass is 9.96. The van der Waals surface area contributed by atoms with Gasteiger partial charge in [0.2, 0.25) is 0 Å². The highest BCUT2D eigenvalue weighted by Gasteiger charge is 2.35. The Morgan fingerprint density at radius 3 is 3.06 bits per heavy atom. The number of hydrogen-bond acceptors (Lipinski definition) is 5. The van der Waals surface area contributed by atoms with Crippen molar-refractivity contribution in [1.82, 2.24) is 0 Å². The van der Waals surface area contributed by atoms with Crippen molar-refractivity contribution in [3.05, 3.63) is 35.4 Å². The first-order chi connectivity index (χ1) is 8.27. The van der Waals surface area contributed by atoms with Crippen LogP contribution in [0.25, 0.3) is 0 Å². The summed E-state index contributed by atoms with van der Waals surface area (Å²) >= 11 is 0. The molecule has 86 valence electrons. The molecule has 0 spiro atoms. The molecule has 0 aliphatic carbocycles. The van der Waals surface area contributed by atoms with E-state index in [1.54, 1.807) is 24.3 Å². The maximum Gasteiger partial charge on any atom is 0.339 e. The summed E-state index contributed by atoms with van der Waals surface area (Å²) < 4.78 is 5.17. The maximum absolute atomic E-state index is 11.6. The first-order valence-electron chi connectivity index (χ1n) is 5.04. The minimum Gasteiger partial charge on any atom is -0.452 e. The molecule has 2 rings (SSSR count). The lowest BCUT2D eigenvalue weighted by Crippen LogP contribution is -2.12. The molecule has 0 N–H and O–H groups in total. The lowest BCUT2D eigenvalue weighted by molar-refractivity contribution is 0.0353. The van der Waals surface area contributed by atoms with Crippen molar-refractivity contribution in [1.29, 1.82) is 5.26 Å². The van der Waals surface area contributed by atoms with E-state index in [0.29, 0.717) is 11.1 Å². The Labute approximate surface area is 98.2 Å². The van der Waals surface area contributed by atoms with Gasteiger partial charge in [0.05, 0.1) is 17.8 Å². The molecule has 1 heterocycles. The highest BCUT2D eigenvalue weighted by molar-refractivity contribution is 5.94. The minimum absolute atomic E-state index is 0.406. The van der Waals surface area contributed by atoms with Gasteiger partial charge in [0.1, 0.15) is 19.1 Å². The number of ether oxygens (including phenoxy) is 1. The number of cyclic esters (lactones) is 1. The fraction of sp³-hybridized carbons (Fsp3) is 0.250. The molecule has 2 atom stereocenters. The second-order valence-electron chi connectivity index (χ2n) is 3.51. The van der Waals surface area contributed by atoms with Crippen LogP contribution in [0.1, 0.15) is 22.0 Å². The van der Waals surface area contributed by atoms with Crippen LogP contribution in [0, 0.1) is 17.2 Å². The second kappa shape index (κ2) is 4.66. The molecule has 1 aliphatic rings. The molecular formula is C12H10N2O3. The molecule has 0 aromatic heterocycles. The summed E-state index contributed by atoms with van der Waals surface area (Å²) in [4.78, 5) is 16.1.